The standard InChI is InChI=1S/C13H18N4O/c1-13(2,7-14)8-15-11-9-5-3-4-6-10(9)12(18)17-16-11/h3-6H,7-8,14H2,1-2H3,(H,15,16)(H,17,18). The van der Waals surface area contributed by atoms with Gasteiger partial charge in [-0.25, -0.2) is 5.10 Å². The molecule has 1 aromatic heterocycles. The second-order valence-corrected chi connectivity index (χ2v) is 5.17. The maximum Gasteiger partial charge on any atom is 0.272 e. The summed E-state index contributed by atoms with van der Waals surface area (Å²) in [5.41, 5.74) is 5.50. The van der Waals surface area contributed by atoms with Gasteiger partial charge in [-0.1, -0.05) is 32.0 Å². The molecule has 96 valence electrons. The van der Waals surface area contributed by atoms with Crippen molar-refractivity contribution in [3.8, 4) is 0 Å². The molecule has 4 N–H and O–H groups in total. The molecule has 2 aromatic rings. The number of anilines is 1. The highest BCUT2D eigenvalue weighted by atomic mass is 16.1. The molecule has 0 aliphatic heterocycles. The Bertz CT molecular complexity index is 603. The largest absolute Gasteiger partial charge is 0.368 e. The van der Waals surface area contributed by atoms with E-state index in [2.05, 4.69) is 29.4 Å². The highest BCUT2D eigenvalue weighted by Gasteiger charge is 2.16. The average Bonchev–Trinajstić information content (AvgIpc) is 2.38. The molecule has 0 amide bonds. The molecule has 0 aliphatic carbocycles. The normalized spacial score (nSPS) is 11.7. The van der Waals surface area contributed by atoms with E-state index in [0.717, 1.165) is 5.39 Å². The molecule has 18 heavy (non-hydrogen) atoms. The molecule has 0 unspecified atom stereocenters. The van der Waals surface area contributed by atoms with Gasteiger partial charge in [0.2, 0.25) is 0 Å². The monoisotopic (exact) mass is 246 g/mol. The van der Waals surface area contributed by atoms with Gasteiger partial charge in [0.25, 0.3) is 5.56 Å². The van der Waals surface area contributed by atoms with Crippen molar-refractivity contribution >= 4 is 16.6 Å². The number of nitrogens with two attached hydrogens (primary N) is 1. The van der Waals surface area contributed by atoms with E-state index in [1.165, 1.54) is 0 Å². The fraction of sp³-hybridized carbons (Fsp3) is 0.385. The van der Waals surface area contributed by atoms with Crippen molar-refractivity contribution in [2.24, 2.45) is 11.1 Å². The third kappa shape index (κ3) is 2.51. The second-order valence-electron chi connectivity index (χ2n) is 5.17. The van der Waals surface area contributed by atoms with Gasteiger partial charge in [0.05, 0.1) is 5.39 Å². The third-order valence-electron chi connectivity index (χ3n) is 2.98. The van der Waals surface area contributed by atoms with Crippen LogP contribution in [0.1, 0.15) is 13.8 Å². The van der Waals surface area contributed by atoms with Gasteiger partial charge in [-0.3, -0.25) is 4.79 Å². The molecule has 0 aliphatic rings. The Morgan fingerprint density at radius 1 is 1.33 bits per heavy atom. The van der Waals surface area contributed by atoms with E-state index in [1.54, 1.807) is 6.07 Å². The fourth-order valence-electron chi connectivity index (χ4n) is 1.64. The van der Waals surface area contributed by atoms with Crippen LogP contribution in [0.3, 0.4) is 0 Å². The highest BCUT2D eigenvalue weighted by molar-refractivity contribution is 5.90. The number of H-pyrrole nitrogens is 1. The minimum Gasteiger partial charge on any atom is -0.368 e. The summed E-state index contributed by atoms with van der Waals surface area (Å²) in [6.45, 7) is 5.44. The number of fused-ring (bicyclic) bond motifs is 1. The zero-order chi connectivity index (χ0) is 13.2. The fourth-order valence-corrected chi connectivity index (χ4v) is 1.64. The molecule has 1 aromatic carbocycles. The lowest BCUT2D eigenvalue weighted by molar-refractivity contribution is 0.405. The summed E-state index contributed by atoms with van der Waals surface area (Å²) in [6.07, 6.45) is 0. The van der Waals surface area contributed by atoms with Crippen LogP contribution in [0, 0.1) is 5.41 Å². The predicted octanol–water partition coefficient (Wildman–Crippen LogP) is 1.32. The maximum atomic E-state index is 11.6. The molecule has 2 rings (SSSR count). The smallest absolute Gasteiger partial charge is 0.272 e. The van der Waals surface area contributed by atoms with Gasteiger partial charge in [0.1, 0.15) is 0 Å². The second kappa shape index (κ2) is 4.78. The van der Waals surface area contributed by atoms with Gasteiger partial charge in [-0.05, 0) is 18.0 Å². The lowest BCUT2D eigenvalue weighted by Crippen LogP contribution is -2.31. The van der Waals surface area contributed by atoms with Crippen molar-refractivity contribution in [1.29, 1.82) is 0 Å². The first kappa shape index (κ1) is 12.6. The molecule has 1 heterocycles. The zero-order valence-electron chi connectivity index (χ0n) is 10.7. The first-order valence-electron chi connectivity index (χ1n) is 5.95. The van der Waals surface area contributed by atoms with Crippen LogP contribution in [0.5, 0.6) is 0 Å². The number of aromatic nitrogens is 2. The van der Waals surface area contributed by atoms with Crippen molar-refractivity contribution in [3.05, 3.63) is 34.6 Å². The average molecular weight is 246 g/mol. The van der Waals surface area contributed by atoms with Gasteiger partial charge in [0.15, 0.2) is 5.82 Å². The van der Waals surface area contributed by atoms with Crippen LogP contribution in [0.2, 0.25) is 0 Å². The van der Waals surface area contributed by atoms with Gasteiger partial charge in [0, 0.05) is 11.9 Å². The Morgan fingerprint density at radius 3 is 2.67 bits per heavy atom. The van der Waals surface area contributed by atoms with E-state index in [1.807, 2.05) is 18.2 Å². The lowest BCUT2D eigenvalue weighted by Gasteiger charge is -2.23. The zero-order valence-corrected chi connectivity index (χ0v) is 10.7. The van der Waals surface area contributed by atoms with Crippen molar-refractivity contribution in [3.63, 3.8) is 0 Å². The van der Waals surface area contributed by atoms with E-state index in [9.17, 15) is 4.79 Å². The highest BCUT2D eigenvalue weighted by Crippen LogP contribution is 2.19. The molecule has 0 spiro atoms. The number of hydrogen-bond acceptors (Lipinski definition) is 4. The minimum absolute atomic E-state index is 0.0150. The number of aromatic amines is 1. The summed E-state index contributed by atoms with van der Waals surface area (Å²) in [6, 6.07) is 7.40. The van der Waals surface area contributed by atoms with E-state index in [-0.39, 0.29) is 11.0 Å². The number of nitrogens with one attached hydrogen (secondary N) is 2. The molecular weight excluding hydrogens is 228 g/mol. The predicted molar refractivity (Wildman–Crippen MR) is 73.7 cm³/mol. The molecular formula is C13H18N4O. The summed E-state index contributed by atoms with van der Waals surface area (Å²) in [7, 11) is 0. The van der Waals surface area contributed by atoms with Crippen molar-refractivity contribution in [2.75, 3.05) is 18.4 Å². The van der Waals surface area contributed by atoms with Gasteiger partial charge >= 0.3 is 0 Å². The maximum absolute atomic E-state index is 11.6. The summed E-state index contributed by atoms with van der Waals surface area (Å²) in [5.74, 6) is 0.687. The third-order valence-corrected chi connectivity index (χ3v) is 2.98. The number of hydrogen-bond donors (Lipinski definition) is 3. The molecule has 0 saturated carbocycles. The van der Waals surface area contributed by atoms with Crippen LogP contribution >= 0.6 is 0 Å². The van der Waals surface area contributed by atoms with Crippen LogP contribution in [0.15, 0.2) is 29.1 Å². The summed E-state index contributed by atoms with van der Waals surface area (Å²) < 4.78 is 0. The SMILES string of the molecule is CC(C)(CN)CNc1n[nH]c(=O)c2ccccc12. The Balaban J connectivity index is 2.35. The molecule has 5 nitrogen and oxygen atoms in total. The minimum atomic E-state index is -0.172. The van der Waals surface area contributed by atoms with Crippen LogP contribution in [0.25, 0.3) is 10.8 Å². The summed E-state index contributed by atoms with van der Waals surface area (Å²) >= 11 is 0. The van der Waals surface area contributed by atoms with Crippen molar-refractivity contribution in [1.82, 2.24) is 10.2 Å². The quantitative estimate of drug-likeness (QED) is 0.759. The summed E-state index contributed by atoms with van der Waals surface area (Å²) in [4.78, 5) is 11.6. The molecule has 0 atom stereocenters. The Labute approximate surface area is 105 Å². The molecule has 0 radical (unpaired) electrons. The van der Waals surface area contributed by atoms with Crippen molar-refractivity contribution < 1.29 is 0 Å². The van der Waals surface area contributed by atoms with Crippen LogP contribution < -0.4 is 16.6 Å². The van der Waals surface area contributed by atoms with E-state index < -0.39 is 0 Å². The van der Waals surface area contributed by atoms with Crippen LogP contribution in [-0.2, 0) is 0 Å². The number of rotatable bonds is 4. The molecule has 0 fully saturated rings. The Kier molecular flexibility index (Phi) is 3.34. The van der Waals surface area contributed by atoms with Crippen molar-refractivity contribution in [2.45, 2.75) is 13.8 Å². The lowest BCUT2D eigenvalue weighted by atomic mass is 9.94. The first-order valence-corrected chi connectivity index (χ1v) is 5.95. The molecule has 5 heteroatoms. The molecule has 0 bridgehead atoms. The van der Waals surface area contributed by atoms with Crippen LogP contribution in [-0.4, -0.2) is 23.3 Å². The summed E-state index contributed by atoms with van der Waals surface area (Å²) in [5, 5.41) is 11.3. The van der Waals surface area contributed by atoms with Gasteiger partial charge < -0.3 is 11.1 Å². The Hall–Kier alpha value is -1.88. The van der Waals surface area contributed by atoms with Crippen LogP contribution in [0.4, 0.5) is 5.82 Å². The van der Waals surface area contributed by atoms with Gasteiger partial charge in [-0.15, -0.1) is 0 Å². The molecule has 0 saturated heterocycles. The van der Waals surface area contributed by atoms with E-state index in [4.69, 9.17) is 5.73 Å². The Morgan fingerprint density at radius 2 is 2.00 bits per heavy atom. The topological polar surface area (TPSA) is 83.8 Å². The number of nitrogens with zero attached hydrogens (tertiary/aromatic N) is 1. The van der Waals surface area contributed by atoms with E-state index in [0.29, 0.717) is 24.3 Å². The van der Waals surface area contributed by atoms with E-state index >= 15 is 0 Å². The number of benzene rings is 1. The van der Waals surface area contributed by atoms with Gasteiger partial charge in [-0.2, -0.15) is 5.10 Å². The first-order chi connectivity index (χ1) is 8.53.